The number of aromatic nitrogens is 3. The fraction of sp³-hybridized carbons (Fsp3) is 0.280. The molecule has 8 heteroatoms. The maximum Gasteiger partial charge on any atom is 0.261 e. The normalized spacial score (nSPS) is 16.2. The summed E-state index contributed by atoms with van der Waals surface area (Å²) in [5.41, 5.74) is 1.57. The summed E-state index contributed by atoms with van der Waals surface area (Å²) in [7, 11) is 0. The van der Waals surface area contributed by atoms with Gasteiger partial charge in [-0.25, -0.2) is 19.3 Å². The summed E-state index contributed by atoms with van der Waals surface area (Å²) in [5.74, 6) is 1.09. The van der Waals surface area contributed by atoms with Gasteiger partial charge >= 0.3 is 0 Å². The first-order valence-electron chi connectivity index (χ1n) is 11.0. The predicted molar refractivity (Wildman–Crippen MR) is 119 cm³/mol. The Bertz CT molecular complexity index is 1270. The molecule has 1 fully saturated rings. The van der Waals surface area contributed by atoms with Crippen LogP contribution in [0.2, 0.25) is 0 Å². The zero-order valence-electron chi connectivity index (χ0n) is 18.0. The molecule has 168 valence electrons. The summed E-state index contributed by atoms with van der Waals surface area (Å²) in [6.45, 7) is 0.480. The Morgan fingerprint density at radius 1 is 1.12 bits per heavy atom. The Morgan fingerprint density at radius 3 is 2.94 bits per heavy atom. The van der Waals surface area contributed by atoms with Crippen molar-refractivity contribution in [1.29, 1.82) is 0 Å². The minimum Gasteiger partial charge on any atom is -0.467 e. The van der Waals surface area contributed by atoms with Crippen LogP contribution in [0.4, 0.5) is 4.39 Å². The highest BCUT2D eigenvalue weighted by Gasteiger charge is 2.31. The molecule has 33 heavy (non-hydrogen) atoms. The van der Waals surface area contributed by atoms with Crippen molar-refractivity contribution in [3.8, 4) is 5.88 Å². The molecule has 0 N–H and O–H groups in total. The number of oxazole rings is 1. The molecule has 1 aliphatic heterocycles. The number of nitrogens with zero attached hydrogens (tertiary/aromatic N) is 4. The van der Waals surface area contributed by atoms with Gasteiger partial charge in [-0.15, -0.1) is 0 Å². The minimum absolute atomic E-state index is 0.131. The van der Waals surface area contributed by atoms with Crippen molar-refractivity contribution in [2.45, 2.75) is 31.7 Å². The Kier molecular flexibility index (Phi) is 5.97. The van der Waals surface area contributed by atoms with Gasteiger partial charge in [0.1, 0.15) is 23.9 Å². The van der Waals surface area contributed by atoms with Crippen molar-refractivity contribution in [2.75, 3.05) is 13.2 Å². The fourth-order valence-corrected chi connectivity index (χ4v) is 4.20. The topological polar surface area (TPSA) is 81.4 Å². The van der Waals surface area contributed by atoms with E-state index in [0.717, 1.165) is 35.7 Å². The lowest BCUT2D eigenvalue weighted by Gasteiger charge is -2.33. The maximum absolute atomic E-state index is 13.5. The summed E-state index contributed by atoms with van der Waals surface area (Å²) in [6, 6.07) is 13.7. The largest absolute Gasteiger partial charge is 0.467 e. The van der Waals surface area contributed by atoms with Crippen LogP contribution in [-0.2, 0) is 11.2 Å². The molecule has 5 rings (SSSR count). The molecule has 1 aliphatic rings. The van der Waals surface area contributed by atoms with Gasteiger partial charge in [-0.05, 0) is 49.1 Å². The molecule has 2 aromatic heterocycles. The van der Waals surface area contributed by atoms with E-state index in [9.17, 15) is 9.18 Å². The van der Waals surface area contributed by atoms with Crippen LogP contribution >= 0.6 is 0 Å². The summed E-state index contributed by atoms with van der Waals surface area (Å²) in [6.07, 6.45) is 6.18. The Balaban J connectivity index is 1.28. The molecule has 1 unspecified atom stereocenters. The molecular formula is C25H23FN4O3. The van der Waals surface area contributed by atoms with Crippen molar-refractivity contribution in [3.63, 3.8) is 0 Å². The number of hydrogen-bond donors (Lipinski definition) is 0. The van der Waals surface area contributed by atoms with Crippen LogP contribution in [0.5, 0.6) is 5.88 Å². The van der Waals surface area contributed by atoms with E-state index in [1.54, 1.807) is 17.2 Å². The van der Waals surface area contributed by atoms with Gasteiger partial charge in [-0.1, -0.05) is 24.3 Å². The number of para-hydroxylation sites is 1. The number of fused-ring (bicyclic) bond motifs is 1. The van der Waals surface area contributed by atoms with E-state index in [1.165, 1.54) is 18.5 Å². The second-order valence-corrected chi connectivity index (χ2v) is 8.05. The number of hydrogen-bond acceptors (Lipinski definition) is 6. The zero-order valence-corrected chi connectivity index (χ0v) is 18.0. The number of halogens is 1. The lowest BCUT2D eigenvalue weighted by atomic mass is 10.0. The van der Waals surface area contributed by atoms with Crippen LogP contribution in [0.25, 0.3) is 10.9 Å². The number of carbonyl (C=O) groups excluding carboxylic acids is 1. The zero-order chi connectivity index (χ0) is 22.6. The van der Waals surface area contributed by atoms with Gasteiger partial charge in [-0.2, -0.15) is 0 Å². The second-order valence-electron chi connectivity index (χ2n) is 8.05. The quantitative estimate of drug-likeness (QED) is 0.434. The average Bonchev–Trinajstić information content (AvgIpc) is 3.31. The van der Waals surface area contributed by atoms with Gasteiger partial charge in [-0.3, -0.25) is 4.79 Å². The standard InChI is InChI=1S/C25H23FN4O3/c26-18-7-5-6-17(12-18)13-19-14-27-25(33-19)22-10-3-4-11-30(22)23(31)15-32-24-20-8-1-2-9-21(20)28-16-29-24/h1-2,5-9,12,14,16,22H,3-4,10-11,13,15H2. The SMILES string of the molecule is O=C(COc1ncnc2ccccc12)N1CCCCC1c1ncc(Cc2cccc(F)c2)o1. The molecule has 0 radical (unpaired) electrons. The van der Waals surface area contributed by atoms with E-state index in [-0.39, 0.29) is 24.4 Å². The van der Waals surface area contributed by atoms with E-state index < -0.39 is 0 Å². The first-order chi connectivity index (χ1) is 16.2. The number of benzene rings is 2. The van der Waals surface area contributed by atoms with E-state index in [4.69, 9.17) is 9.15 Å². The Labute approximate surface area is 190 Å². The Morgan fingerprint density at radius 2 is 2.03 bits per heavy atom. The van der Waals surface area contributed by atoms with Crippen LogP contribution in [-0.4, -0.2) is 38.9 Å². The van der Waals surface area contributed by atoms with Crippen molar-refractivity contribution in [3.05, 3.63) is 84.1 Å². The van der Waals surface area contributed by atoms with E-state index >= 15 is 0 Å². The summed E-state index contributed by atoms with van der Waals surface area (Å²) >= 11 is 0. The van der Waals surface area contributed by atoms with Crippen LogP contribution in [0, 0.1) is 5.82 Å². The maximum atomic E-state index is 13.5. The average molecular weight is 446 g/mol. The molecular weight excluding hydrogens is 423 g/mol. The van der Waals surface area contributed by atoms with Crippen molar-refractivity contribution in [1.82, 2.24) is 19.9 Å². The second kappa shape index (κ2) is 9.36. The molecule has 0 spiro atoms. The summed E-state index contributed by atoms with van der Waals surface area (Å²) < 4.78 is 25.2. The van der Waals surface area contributed by atoms with E-state index in [0.29, 0.717) is 30.5 Å². The molecule has 0 saturated carbocycles. The smallest absolute Gasteiger partial charge is 0.261 e. The van der Waals surface area contributed by atoms with Gasteiger partial charge in [0.15, 0.2) is 6.61 Å². The molecule has 1 atom stereocenters. The van der Waals surface area contributed by atoms with Crippen LogP contribution < -0.4 is 4.74 Å². The summed E-state index contributed by atoms with van der Waals surface area (Å²) in [4.78, 5) is 27.7. The highest BCUT2D eigenvalue weighted by Crippen LogP contribution is 2.31. The molecule has 1 saturated heterocycles. The molecule has 3 heterocycles. The number of carbonyl (C=O) groups is 1. The lowest BCUT2D eigenvalue weighted by molar-refractivity contribution is -0.137. The number of amides is 1. The third-order valence-corrected chi connectivity index (χ3v) is 5.79. The predicted octanol–water partition coefficient (Wildman–Crippen LogP) is 4.48. The van der Waals surface area contributed by atoms with Crippen LogP contribution in [0.1, 0.15) is 42.5 Å². The first kappa shape index (κ1) is 21.1. The monoisotopic (exact) mass is 446 g/mol. The number of likely N-dealkylation sites (tertiary alicyclic amines) is 1. The molecule has 1 amide bonds. The number of ether oxygens (including phenoxy) is 1. The van der Waals surface area contributed by atoms with E-state index in [2.05, 4.69) is 15.0 Å². The van der Waals surface area contributed by atoms with Gasteiger partial charge < -0.3 is 14.1 Å². The van der Waals surface area contributed by atoms with Crippen molar-refractivity contribution >= 4 is 16.8 Å². The molecule has 0 bridgehead atoms. The molecule has 4 aromatic rings. The van der Waals surface area contributed by atoms with Crippen molar-refractivity contribution < 1.29 is 18.3 Å². The number of piperidine rings is 1. The molecule has 7 nitrogen and oxygen atoms in total. The third kappa shape index (κ3) is 4.69. The third-order valence-electron chi connectivity index (χ3n) is 5.79. The first-order valence-corrected chi connectivity index (χ1v) is 11.0. The van der Waals surface area contributed by atoms with Gasteiger partial charge in [0.05, 0.1) is 17.1 Å². The van der Waals surface area contributed by atoms with Crippen LogP contribution in [0.15, 0.2) is 65.5 Å². The van der Waals surface area contributed by atoms with Gasteiger partial charge in [0.2, 0.25) is 11.8 Å². The highest BCUT2D eigenvalue weighted by molar-refractivity contribution is 5.84. The van der Waals surface area contributed by atoms with Crippen LogP contribution in [0.3, 0.4) is 0 Å². The molecule has 2 aromatic carbocycles. The lowest BCUT2D eigenvalue weighted by Crippen LogP contribution is -2.41. The van der Waals surface area contributed by atoms with Gasteiger partial charge in [0.25, 0.3) is 5.91 Å². The highest BCUT2D eigenvalue weighted by atomic mass is 19.1. The van der Waals surface area contributed by atoms with Gasteiger partial charge in [0, 0.05) is 13.0 Å². The molecule has 0 aliphatic carbocycles. The number of rotatable bonds is 6. The fourth-order valence-electron chi connectivity index (χ4n) is 4.20. The summed E-state index contributed by atoms with van der Waals surface area (Å²) in [5, 5.41) is 0.762. The van der Waals surface area contributed by atoms with E-state index in [1.807, 2.05) is 30.3 Å². The minimum atomic E-state index is -0.284. The van der Waals surface area contributed by atoms with Crippen molar-refractivity contribution in [2.24, 2.45) is 0 Å². The Hall–Kier alpha value is -3.81.